The second-order valence-electron chi connectivity index (χ2n) is 6.51. The van der Waals surface area contributed by atoms with Crippen LogP contribution in [0.15, 0.2) is 24.3 Å². The van der Waals surface area contributed by atoms with Gasteiger partial charge in [-0.05, 0) is 24.0 Å². The molecule has 0 aliphatic rings. The number of ether oxygens (including phenoxy) is 3. The molecule has 0 heterocycles. The Bertz CT molecular complexity index is 435. The van der Waals surface area contributed by atoms with Gasteiger partial charge in [-0.15, -0.1) is 0 Å². The van der Waals surface area contributed by atoms with Crippen LogP contribution < -0.4 is 0 Å². The van der Waals surface area contributed by atoms with Gasteiger partial charge in [-0.3, -0.25) is 0 Å². The average molecular weight is 415 g/mol. The lowest BCUT2D eigenvalue weighted by molar-refractivity contribution is -0.365. The Morgan fingerprint density at radius 1 is 0.880 bits per heavy atom. The molecule has 0 aliphatic heterocycles. The number of benzene rings is 1. The molecule has 0 bridgehead atoms. The van der Waals surface area contributed by atoms with E-state index in [1.165, 1.54) is 43.2 Å². The number of rotatable bonds is 14. The molecule has 0 radical (unpaired) electrons. The Morgan fingerprint density at radius 3 is 1.96 bits per heavy atom. The quantitative estimate of drug-likeness (QED) is 0.210. The van der Waals surface area contributed by atoms with Crippen molar-refractivity contribution in [2.24, 2.45) is 0 Å². The van der Waals surface area contributed by atoms with Gasteiger partial charge in [0.15, 0.2) is 0 Å². The molecular formula is C21H35BrO3. The standard InChI is InChI=1S/C21H35BrO3/c1-5-6-7-8-9-10-11-20(21(23-2,24-3)25-4)19-14-12-18(13-15-19)16-17-22/h12-15,20H,5-11,16-17H2,1-4H3. The summed E-state index contributed by atoms with van der Waals surface area (Å²) >= 11 is 3.50. The van der Waals surface area contributed by atoms with Gasteiger partial charge in [0.2, 0.25) is 0 Å². The van der Waals surface area contributed by atoms with Crippen molar-refractivity contribution in [1.82, 2.24) is 0 Å². The number of aryl methyl sites for hydroxylation is 1. The van der Waals surface area contributed by atoms with Crippen LogP contribution in [-0.2, 0) is 20.6 Å². The van der Waals surface area contributed by atoms with E-state index in [1.54, 1.807) is 21.3 Å². The molecule has 4 heteroatoms. The monoisotopic (exact) mass is 414 g/mol. The summed E-state index contributed by atoms with van der Waals surface area (Å²) in [5.74, 6) is -0.975. The molecule has 25 heavy (non-hydrogen) atoms. The molecular weight excluding hydrogens is 380 g/mol. The molecule has 144 valence electrons. The predicted octanol–water partition coefficient (Wildman–Crippen LogP) is 6.05. The Labute approximate surface area is 162 Å². The van der Waals surface area contributed by atoms with Crippen molar-refractivity contribution in [2.75, 3.05) is 26.7 Å². The largest absolute Gasteiger partial charge is 0.330 e. The van der Waals surface area contributed by atoms with Crippen molar-refractivity contribution < 1.29 is 14.2 Å². The number of hydrogen-bond acceptors (Lipinski definition) is 3. The first-order valence-corrected chi connectivity index (χ1v) is 10.6. The fraction of sp³-hybridized carbons (Fsp3) is 0.714. The van der Waals surface area contributed by atoms with Crippen LogP contribution in [-0.4, -0.2) is 32.6 Å². The fourth-order valence-corrected chi connectivity index (χ4v) is 3.84. The SMILES string of the molecule is CCCCCCCCC(c1ccc(CCBr)cc1)C(OC)(OC)OC. The lowest BCUT2D eigenvalue weighted by atomic mass is 9.89. The van der Waals surface area contributed by atoms with E-state index in [9.17, 15) is 0 Å². The zero-order valence-corrected chi connectivity index (χ0v) is 17.9. The number of halogens is 1. The fourth-order valence-electron chi connectivity index (χ4n) is 3.38. The second kappa shape index (κ2) is 12.9. The third kappa shape index (κ3) is 7.01. The molecule has 1 atom stereocenters. The number of hydrogen-bond donors (Lipinski definition) is 0. The molecule has 0 aliphatic carbocycles. The zero-order valence-electron chi connectivity index (χ0n) is 16.4. The minimum Gasteiger partial charge on any atom is -0.330 e. The van der Waals surface area contributed by atoms with Crippen molar-refractivity contribution in [3.05, 3.63) is 35.4 Å². The van der Waals surface area contributed by atoms with Gasteiger partial charge in [0.05, 0.1) is 5.92 Å². The second-order valence-corrected chi connectivity index (χ2v) is 7.30. The minimum absolute atomic E-state index is 0.0525. The molecule has 1 unspecified atom stereocenters. The third-order valence-corrected chi connectivity index (χ3v) is 5.29. The van der Waals surface area contributed by atoms with Gasteiger partial charge >= 0.3 is 0 Å². The molecule has 0 N–H and O–H groups in total. The van der Waals surface area contributed by atoms with Gasteiger partial charge in [0, 0.05) is 26.7 Å². The van der Waals surface area contributed by atoms with Gasteiger partial charge in [0.25, 0.3) is 5.97 Å². The number of unbranched alkanes of at least 4 members (excludes halogenated alkanes) is 5. The highest BCUT2D eigenvalue weighted by atomic mass is 79.9. The smallest absolute Gasteiger partial charge is 0.289 e. The van der Waals surface area contributed by atoms with Crippen molar-refractivity contribution in [2.45, 2.75) is 70.2 Å². The van der Waals surface area contributed by atoms with Crippen molar-refractivity contribution in [3.8, 4) is 0 Å². The Kier molecular flexibility index (Phi) is 11.6. The van der Waals surface area contributed by atoms with Crippen LogP contribution in [0.3, 0.4) is 0 Å². The topological polar surface area (TPSA) is 27.7 Å². The van der Waals surface area contributed by atoms with Crippen LogP contribution in [0.25, 0.3) is 0 Å². The van der Waals surface area contributed by atoms with Gasteiger partial charge in [-0.1, -0.05) is 85.6 Å². The highest BCUT2D eigenvalue weighted by molar-refractivity contribution is 9.09. The summed E-state index contributed by atoms with van der Waals surface area (Å²) in [6, 6.07) is 8.75. The van der Waals surface area contributed by atoms with Crippen LogP contribution in [0, 0.1) is 0 Å². The maximum atomic E-state index is 5.67. The molecule has 1 aromatic rings. The molecule has 0 aromatic heterocycles. The summed E-state index contributed by atoms with van der Waals surface area (Å²) in [6.07, 6.45) is 9.64. The van der Waals surface area contributed by atoms with E-state index < -0.39 is 5.97 Å². The highest BCUT2D eigenvalue weighted by Crippen LogP contribution is 2.37. The lowest BCUT2D eigenvalue weighted by Gasteiger charge is -2.36. The molecule has 1 aromatic carbocycles. The summed E-state index contributed by atoms with van der Waals surface area (Å²) in [5, 5.41) is 0.978. The van der Waals surface area contributed by atoms with E-state index in [2.05, 4.69) is 47.1 Å². The Balaban J connectivity index is 2.83. The van der Waals surface area contributed by atoms with Crippen LogP contribution in [0.4, 0.5) is 0 Å². The molecule has 1 rings (SSSR count). The van der Waals surface area contributed by atoms with Gasteiger partial charge in [-0.2, -0.15) is 0 Å². The molecule has 0 saturated heterocycles. The lowest BCUT2D eigenvalue weighted by Crippen LogP contribution is -2.42. The normalized spacial score (nSPS) is 13.2. The van der Waals surface area contributed by atoms with Crippen LogP contribution in [0.1, 0.15) is 68.9 Å². The summed E-state index contributed by atoms with van der Waals surface area (Å²) in [4.78, 5) is 0. The maximum absolute atomic E-state index is 5.67. The van der Waals surface area contributed by atoms with E-state index >= 15 is 0 Å². The molecule has 3 nitrogen and oxygen atoms in total. The first-order valence-electron chi connectivity index (χ1n) is 9.47. The van der Waals surface area contributed by atoms with Crippen molar-refractivity contribution >= 4 is 15.9 Å². The summed E-state index contributed by atoms with van der Waals surface area (Å²) < 4.78 is 17.0. The van der Waals surface area contributed by atoms with Crippen LogP contribution in [0.2, 0.25) is 0 Å². The maximum Gasteiger partial charge on any atom is 0.289 e. The average Bonchev–Trinajstić information content (AvgIpc) is 2.65. The summed E-state index contributed by atoms with van der Waals surface area (Å²) in [6.45, 7) is 2.25. The third-order valence-electron chi connectivity index (χ3n) is 4.89. The van der Waals surface area contributed by atoms with E-state index in [0.29, 0.717) is 0 Å². The number of methoxy groups -OCH3 is 3. The van der Waals surface area contributed by atoms with Gasteiger partial charge < -0.3 is 14.2 Å². The van der Waals surface area contributed by atoms with Gasteiger partial charge in [0.1, 0.15) is 0 Å². The van der Waals surface area contributed by atoms with Crippen molar-refractivity contribution in [1.29, 1.82) is 0 Å². The number of alkyl halides is 1. The highest BCUT2D eigenvalue weighted by Gasteiger charge is 2.40. The van der Waals surface area contributed by atoms with Crippen LogP contribution in [0.5, 0.6) is 0 Å². The van der Waals surface area contributed by atoms with E-state index in [1.807, 2.05) is 0 Å². The van der Waals surface area contributed by atoms with E-state index in [0.717, 1.165) is 24.6 Å². The van der Waals surface area contributed by atoms with Crippen LogP contribution >= 0.6 is 15.9 Å². The summed E-state index contributed by atoms with van der Waals surface area (Å²) in [7, 11) is 4.96. The molecule has 0 fully saturated rings. The first kappa shape index (κ1) is 22.6. The molecule has 0 amide bonds. The van der Waals surface area contributed by atoms with Gasteiger partial charge in [-0.25, -0.2) is 0 Å². The van der Waals surface area contributed by atoms with E-state index in [4.69, 9.17) is 14.2 Å². The summed E-state index contributed by atoms with van der Waals surface area (Å²) in [5.41, 5.74) is 2.54. The molecule has 0 saturated carbocycles. The Morgan fingerprint density at radius 2 is 1.44 bits per heavy atom. The Hall–Kier alpha value is -0.420. The van der Waals surface area contributed by atoms with Crippen molar-refractivity contribution in [3.63, 3.8) is 0 Å². The van der Waals surface area contributed by atoms with E-state index in [-0.39, 0.29) is 5.92 Å². The minimum atomic E-state index is -1.03. The zero-order chi connectivity index (χ0) is 18.5. The first-order chi connectivity index (χ1) is 12.2. The predicted molar refractivity (Wildman–Crippen MR) is 108 cm³/mol. The molecule has 0 spiro atoms.